The molecule has 0 saturated carbocycles. The summed E-state index contributed by atoms with van der Waals surface area (Å²) in [6.45, 7) is 3.73. The van der Waals surface area contributed by atoms with Crippen molar-refractivity contribution < 1.29 is 28.0 Å². The summed E-state index contributed by atoms with van der Waals surface area (Å²) >= 11 is 0. The lowest BCUT2D eigenvalue weighted by molar-refractivity contribution is -0.121. The average molecular weight is 451 g/mol. The fraction of sp³-hybridized carbons (Fsp3) is 0.130. The van der Waals surface area contributed by atoms with Gasteiger partial charge in [-0.1, -0.05) is 7.43 Å². The number of nitrogens with zero attached hydrogens (tertiary/aromatic N) is 2. The van der Waals surface area contributed by atoms with Crippen molar-refractivity contribution in [1.29, 1.82) is 0 Å². The molecule has 0 aromatic heterocycles. The van der Waals surface area contributed by atoms with Crippen molar-refractivity contribution in [2.75, 3.05) is 9.80 Å². The first-order valence-corrected chi connectivity index (χ1v) is 12.3. The number of amides is 4. The molecule has 0 bridgehead atoms. The molecule has 0 fully saturated rings. The van der Waals surface area contributed by atoms with E-state index < -0.39 is 8.56 Å². The molecule has 4 amide bonds. The Morgan fingerprint density at radius 2 is 0.844 bits per heavy atom. The second kappa shape index (κ2) is 8.64. The van der Waals surface area contributed by atoms with E-state index in [-0.39, 0.29) is 31.1 Å². The molecule has 9 heteroatoms. The van der Waals surface area contributed by atoms with Gasteiger partial charge in [0.2, 0.25) is 0 Å². The lowest BCUT2D eigenvalue weighted by Crippen LogP contribution is -2.41. The molecule has 0 unspecified atom stereocenters. The lowest BCUT2D eigenvalue weighted by Gasteiger charge is -2.25. The molecule has 2 aromatic carbocycles. The summed E-state index contributed by atoms with van der Waals surface area (Å²) in [5.74, 6) is -0.435. The molecule has 164 valence electrons. The minimum absolute atomic E-state index is 0. The largest absolute Gasteiger partial charge is 0.512 e. The topological polar surface area (TPSA) is 93.2 Å². The van der Waals surface area contributed by atoms with Crippen molar-refractivity contribution in [3.8, 4) is 11.5 Å². The van der Waals surface area contributed by atoms with Gasteiger partial charge < -0.3 is 8.85 Å². The van der Waals surface area contributed by atoms with Crippen LogP contribution in [0.4, 0.5) is 11.4 Å². The number of carbonyl (C=O) groups excluding carboxylic acids is 4. The van der Waals surface area contributed by atoms with Gasteiger partial charge >= 0.3 is 8.56 Å². The zero-order valence-corrected chi connectivity index (χ0v) is 17.8. The van der Waals surface area contributed by atoms with Crippen molar-refractivity contribution in [3.05, 3.63) is 72.8 Å². The van der Waals surface area contributed by atoms with Crippen LogP contribution in [0.2, 0.25) is 13.1 Å². The third-order valence-electron chi connectivity index (χ3n) is 4.54. The molecule has 0 aliphatic carbocycles. The summed E-state index contributed by atoms with van der Waals surface area (Å²) in [5, 5.41) is 0. The first-order chi connectivity index (χ1) is 14.7. The third kappa shape index (κ3) is 4.52. The van der Waals surface area contributed by atoms with Crippen LogP contribution < -0.4 is 18.7 Å². The smallest absolute Gasteiger partial charge is 0.454 e. The van der Waals surface area contributed by atoms with Gasteiger partial charge in [0.25, 0.3) is 23.6 Å². The van der Waals surface area contributed by atoms with Gasteiger partial charge in [-0.3, -0.25) is 19.2 Å². The van der Waals surface area contributed by atoms with E-state index in [9.17, 15) is 19.2 Å². The van der Waals surface area contributed by atoms with E-state index in [0.717, 1.165) is 9.80 Å². The first-order valence-electron chi connectivity index (χ1n) is 9.44. The van der Waals surface area contributed by atoms with E-state index in [0.29, 0.717) is 22.9 Å². The van der Waals surface area contributed by atoms with E-state index in [1.807, 2.05) is 13.1 Å². The van der Waals surface area contributed by atoms with Crippen LogP contribution in [0.25, 0.3) is 0 Å². The summed E-state index contributed by atoms with van der Waals surface area (Å²) in [4.78, 5) is 49.3. The number of carbonyl (C=O) groups is 4. The van der Waals surface area contributed by atoms with Crippen LogP contribution >= 0.6 is 0 Å². The molecule has 2 aliphatic rings. The van der Waals surface area contributed by atoms with Crippen LogP contribution in [-0.2, 0) is 19.2 Å². The van der Waals surface area contributed by atoms with Crippen LogP contribution in [0.15, 0.2) is 72.8 Å². The normalized spacial score (nSPS) is 15.4. The second-order valence-electron chi connectivity index (χ2n) is 7.28. The maximum Gasteiger partial charge on any atom is 0.454 e. The van der Waals surface area contributed by atoms with Gasteiger partial charge in [0, 0.05) is 37.4 Å². The minimum atomic E-state index is -2.66. The van der Waals surface area contributed by atoms with E-state index in [1.165, 1.54) is 24.3 Å². The molecule has 0 atom stereocenters. The predicted octanol–water partition coefficient (Wildman–Crippen LogP) is 3.34. The van der Waals surface area contributed by atoms with Crippen molar-refractivity contribution in [2.24, 2.45) is 0 Å². The van der Waals surface area contributed by atoms with E-state index >= 15 is 0 Å². The Balaban J connectivity index is 0.00000289. The number of anilines is 2. The summed E-state index contributed by atoms with van der Waals surface area (Å²) in [5.41, 5.74) is 0.924. The molecular formula is C23H22N2O6Si. The predicted molar refractivity (Wildman–Crippen MR) is 122 cm³/mol. The molecule has 0 N–H and O–H groups in total. The molecular weight excluding hydrogens is 428 g/mol. The molecule has 8 nitrogen and oxygen atoms in total. The molecule has 2 aromatic rings. The van der Waals surface area contributed by atoms with E-state index in [1.54, 1.807) is 48.5 Å². The Bertz CT molecular complexity index is 1010. The number of hydrogen-bond donors (Lipinski definition) is 0. The van der Waals surface area contributed by atoms with Crippen molar-refractivity contribution in [1.82, 2.24) is 0 Å². The highest BCUT2D eigenvalue weighted by molar-refractivity contribution is 6.66. The molecule has 4 rings (SSSR count). The summed E-state index contributed by atoms with van der Waals surface area (Å²) in [6.07, 6.45) is 4.92. The highest BCUT2D eigenvalue weighted by atomic mass is 28.4. The molecule has 2 heterocycles. The van der Waals surface area contributed by atoms with Crippen LogP contribution in [0, 0.1) is 0 Å². The number of imide groups is 2. The Morgan fingerprint density at radius 3 is 1.12 bits per heavy atom. The van der Waals surface area contributed by atoms with Gasteiger partial charge in [-0.2, -0.15) is 0 Å². The Hall–Kier alpha value is -3.98. The second-order valence-corrected chi connectivity index (χ2v) is 10.5. The highest BCUT2D eigenvalue weighted by Gasteiger charge is 2.30. The van der Waals surface area contributed by atoms with Gasteiger partial charge in [0.15, 0.2) is 0 Å². The molecule has 0 radical (unpaired) electrons. The summed E-state index contributed by atoms with van der Waals surface area (Å²) < 4.78 is 12.1. The highest BCUT2D eigenvalue weighted by Crippen LogP contribution is 2.27. The zero-order chi connectivity index (χ0) is 22.2. The standard InChI is InChI=1S/C22H18N2O6Si.CH4/c1-31(2,29-17-7-3-15(4-8-17)23-19(25)11-12-20(23)26)30-18-9-5-16(6-10-18)24-21(27)13-14-22(24)28;/h3-14H,1-2H3;1H4. The van der Waals surface area contributed by atoms with Gasteiger partial charge in [-0.15, -0.1) is 0 Å². The van der Waals surface area contributed by atoms with Crippen molar-refractivity contribution in [3.63, 3.8) is 0 Å². The summed E-state index contributed by atoms with van der Waals surface area (Å²) in [6, 6.07) is 13.2. The maximum absolute atomic E-state index is 11.8. The lowest BCUT2D eigenvalue weighted by atomic mass is 10.3. The fourth-order valence-corrected chi connectivity index (χ4v) is 4.67. The van der Waals surface area contributed by atoms with Crippen molar-refractivity contribution in [2.45, 2.75) is 20.5 Å². The van der Waals surface area contributed by atoms with Crippen LogP contribution in [0.3, 0.4) is 0 Å². The van der Waals surface area contributed by atoms with Crippen LogP contribution in [0.5, 0.6) is 11.5 Å². The quantitative estimate of drug-likeness (QED) is 0.495. The Kier molecular flexibility index (Phi) is 6.13. The van der Waals surface area contributed by atoms with Gasteiger partial charge in [0.05, 0.1) is 11.4 Å². The Labute approximate surface area is 186 Å². The van der Waals surface area contributed by atoms with Crippen LogP contribution in [-0.4, -0.2) is 32.2 Å². The fourth-order valence-electron chi connectivity index (χ4n) is 3.22. The van der Waals surface area contributed by atoms with Gasteiger partial charge in [-0.05, 0) is 48.5 Å². The number of rotatable bonds is 6. The first kappa shape index (κ1) is 22.7. The zero-order valence-electron chi connectivity index (χ0n) is 16.8. The number of benzene rings is 2. The van der Waals surface area contributed by atoms with E-state index in [4.69, 9.17) is 8.85 Å². The Morgan fingerprint density at radius 1 is 0.562 bits per heavy atom. The molecule has 32 heavy (non-hydrogen) atoms. The summed E-state index contributed by atoms with van der Waals surface area (Å²) in [7, 11) is -2.66. The number of hydrogen-bond acceptors (Lipinski definition) is 6. The SMILES string of the molecule is C.C[Si](C)(Oc1ccc(N2C(=O)C=CC2=O)cc1)Oc1ccc(N2C(=O)C=CC2=O)cc1. The monoisotopic (exact) mass is 450 g/mol. The van der Waals surface area contributed by atoms with Crippen LogP contribution in [0.1, 0.15) is 7.43 Å². The van der Waals surface area contributed by atoms with Gasteiger partial charge in [-0.25, -0.2) is 9.80 Å². The van der Waals surface area contributed by atoms with Crippen molar-refractivity contribution >= 4 is 43.6 Å². The molecule has 2 aliphatic heterocycles. The third-order valence-corrected chi connectivity index (χ3v) is 5.99. The van der Waals surface area contributed by atoms with Gasteiger partial charge in [0.1, 0.15) is 11.5 Å². The maximum atomic E-state index is 11.8. The average Bonchev–Trinajstić information content (AvgIpc) is 3.23. The molecule has 0 saturated heterocycles. The van der Waals surface area contributed by atoms with E-state index in [2.05, 4.69) is 0 Å². The minimum Gasteiger partial charge on any atom is -0.512 e. The molecule has 0 spiro atoms.